The Hall–Kier alpha value is -1.77. The van der Waals surface area contributed by atoms with Crippen molar-refractivity contribution in [1.82, 2.24) is 25.0 Å². The molecule has 2 aliphatic heterocycles. The van der Waals surface area contributed by atoms with Crippen LogP contribution in [0.15, 0.2) is 12.3 Å². The number of aromatic amines is 1. The molecule has 4 rings (SSSR count). The van der Waals surface area contributed by atoms with Crippen LogP contribution in [0.5, 0.6) is 0 Å². The van der Waals surface area contributed by atoms with Gasteiger partial charge in [0.2, 0.25) is 0 Å². The van der Waals surface area contributed by atoms with E-state index in [1.165, 1.54) is 0 Å². The molecule has 0 bridgehead atoms. The first-order valence-corrected chi connectivity index (χ1v) is 8.12. The van der Waals surface area contributed by atoms with Crippen molar-refractivity contribution < 1.29 is 14.2 Å². The molecule has 1 atom stereocenters. The predicted molar refractivity (Wildman–Crippen MR) is 81.0 cm³/mol. The highest BCUT2D eigenvalue weighted by Gasteiger charge is 2.25. The van der Waals surface area contributed by atoms with Crippen LogP contribution in [0.3, 0.4) is 0 Å². The molecule has 4 heterocycles. The van der Waals surface area contributed by atoms with Gasteiger partial charge in [0, 0.05) is 25.3 Å². The van der Waals surface area contributed by atoms with Crippen molar-refractivity contribution in [2.24, 2.45) is 0 Å². The molecule has 1 N–H and O–H groups in total. The van der Waals surface area contributed by atoms with Crippen molar-refractivity contribution in [1.29, 1.82) is 0 Å². The van der Waals surface area contributed by atoms with Crippen LogP contribution in [0.2, 0.25) is 0 Å². The Bertz CT molecular complexity index is 615. The van der Waals surface area contributed by atoms with Crippen LogP contribution >= 0.6 is 0 Å². The molecule has 0 radical (unpaired) electrons. The minimum atomic E-state index is 0.00895. The summed E-state index contributed by atoms with van der Waals surface area (Å²) in [5.41, 5.74) is 0.868. The molecule has 0 unspecified atom stereocenters. The van der Waals surface area contributed by atoms with E-state index in [1.807, 2.05) is 10.7 Å². The fourth-order valence-corrected chi connectivity index (χ4v) is 3.03. The van der Waals surface area contributed by atoms with Crippen LogP contribution < -0.4 is 0 Å². The third-order valence-corrected chi connectivity index (χ3v) is 4.28. The standard InChI is InChI=1S/C15H21N5O3/c1-4-16-18-13(1)15-17-14(11-2-5-21-6-3-11)19-20(15)9-12-10-22-7-8-23-12/h1,4,11-12H,2-3,5-10H2,(H,16,18)/t12-/m1/s1. The summed E-state index contributed by atoms with van der Waals surface area (Å²) in [5.74, 6) is 2.04. The zero-order chi connectivity index (χ0) is 15.5. The Morgan fingerprint density at radius 1 is 1.17 bits per heavy atom. The van der Waals surface area contributed by atoms with Crippen molar-refractivity contribution in [3.63, 3.8) is 0 Å². The molecule has 124 valence electrons. The summed E-state index contributed by atoms with van der Waals surface area (Å²) in [6, 6.07) is 1.91. The summed E-state index contributed by atoms with van der Waals surface area (Å²) >= 11 is 0. The molecule has 8 nitrogen and oxygen atoms in total. The van der Waals surface area contributed by atoms with Gasteiger partial charge in [0.15, 0.2) is 11.6 Å². The second kappa shape index (κ2) is 6.77. The lowest BCUT2D eigenvalue weighted by molar-refractivity contribution is -0.0945. The molecule has 2 aliphatic rings. The van der Waals surface area contributed by atoms with Crippen molar-refractivity contribution in [3.05, 3.63) is 18.1 Å². The second-order valence-corrected chi connectivity index (χ2v) is 5.90. The number of H-pyrrole nitrogens is 1. The maximum absolute atomic E-state index is 5.75. The van der Waals surface area contributed by atoms with E-state index in [2.05, 4.69) is 10.2 Å². The number of nitrogens with zero attached hydrogens (tertiary/aromatic N) is 4. The van der Waals surface area contributed by atoms with E-state index in [4.69, 9.17) is 24.3 Å². The quantitative estimate of drug-likeness (QED) is 0.904. The minimum absolute atomic E-state index is 0.00895. The average molecular weight is 319 g/mol. The smallest absolute Gasteiger partial charge is 0.176 e. The minimum Gasteiger partial charge on any atom is -0.381 e. The predicted octanol–water partition coefficient (Wildman–Crippen LogP) is 0.978. The Kier molecular flexibility index (Phi) is 4.36. The van der Waals surface area contributed by atoms with Crippen molar-refractivity contribution in [2.45, 2.75) is 31.4 Å². The van der Waals surface area contributed by atoms with Gasteiger partial charge < -0.3 is 14.2 Å². The van der Waals surface area contributed by atoms with E-state index in [-0.39, 0.29) is 6.10 Å². The highest BCUT2D eigenvalue weighted by molar-refractivity contribution is 5.48. The van der Waals surface area contributed by atoms with Gasteiger partial charge in [0.05, 0.1) is 26.4 Å². The van der Waals surface area contributed by atoms with E-state index in [0.717, 1.165) is 43.4 Å². The number of aromatic nitrogens is 5. The zero-order valence-corrected chi connectivity index (χ0v) is 13.0. The summed E-state index contributed by atoms with van der Waals surface area (Å²) in [6.45, 7) is 4.07. The van der Waals surface area contributed by atoms with Crippen LogP contribution in [0.25, 0.3) is 11.5 Å². The normalized spacial score (nSPS) is 23.2. The third-order valence-electron chi connectivity index (χ3n) is 4.28. The summed E-state index contributed by atoms with van der Waals surface area (Å²) < 4.78 is 18.6. The average Bonchev–Trinajstić information content (AvgIpc) is 3.26. The monoisotopic (exact) mass is 319 g/mol. The molecular weight excluding hydrogens is 298 g/mol. The molecule has 2 aromatic rings. The van der Waals surface area contributed by atoms with E-state index < -0.39 is 0 Å². The van der Waals surface area contributed by atoms with Crippen molar-refractivity contribution in [3.8, 4) is 11.5 Å². The Morgan fingerprint density at radius 3 is 2.83 bits per heavy atom. The third kappa shape index (κ3) is 3.29. The van der Waals surface area contributed by atoms with Gasteiger partial charge in [-0.25, -0.2) is 9.67 Å². The van der Waals surface area contributed by atoms with Gasteiger partial charge in [-0.3, -0.25) is 5.10 Å². The van der Waals surface area contributed by atoms with Gasteiger partial charge in [-0.05, 0) is 18.9 Å². The van der Waals surface area contributed by atoms with Crippen LogP contribution in [-0.2, 0) is 20.8 Å². The largest absolute Gasteiger partial charge is 0.381 e. The number of hydrogen-bond acceptors (Lipinski definition) is 6. The lowest BCUT2D eigenvalue weighted by atomic mass is 10.00. The first-order valence-electron chi connectivity index (χ1n) is 8.12. The van der Waals surface area contributed by atoms with Gasteiger partial charge in [-0.15, -0.1) is 0 Å². The highest BCUT2D eigenvalue weighted by atomic mass is 16.6. The summed E-state index contributed by atoms with van der Waals surface area (Å²) in [5, 5.41) is 11.8. The fourth-order valence-electron chi connectivity index (χ4n) is 3.03. The van der Waals surface area contributed by atoms with Crippen LogP contribution in [0.4, 0.5) is 0 Å². The molecular formula is C15H21N5O3. The Labute approximate surface area is 134 Å². The molecule has 0 spiro atoms. The van der Waals surface area contributed by atoms with Crippen molar-refractivity contribution in [2.75, 3.05) is 33.0 Å². The lowest BCUT2D eigenvalue weighted by Crippen LogP contribution is -2.32. The first kappa shape index (κ1) is 14.8. The van der Waals surface area contributed by atoms with Gasteiger partial charge >= 0.3 is 0 Å². The SMILES string of the molecule is c1cc(-c2nc(C3CCOCC3)nn2C[C@@H]2COCCO2)[nH]n1. The van der Waals surface area contributed by atoms with Crippen molar-refractivity contribution >= 4 is 0 Å². The zero-order valence-electron chi connectivity index (χ0n) is 13.0. The molecule has 8 heteroatoms. The number of hydrogen-bond donors (Lipinski definition) is 1. The van der Waals surface area contributed by atoms with E-state index in [9.17, 15) is 0 Å². The fraction of sp³-hybridized carbons (Fsp3) is 0.667. The second-order valence-electron chi connectivity index (χ2n) is 5.90. The van der Waals surface area contributed by atoms with E-state index >= 15 is 0 Å². The number of rotatable bonds is 4. The topological polar surface area (TPSA) is 87.1 Å². The maximum atomic E-state index is 5.75. The summed E-state index contributed by atoms with van der Waals surface area (Å²) in [6.07, 6.45) is 3.67. The molecule has 2 saturated heterocycles. The summed E-state index contributed by atoms with van der Waals surface area (Å²) in [7, 11) is 0. The Balaban J connectivity index is 1.60. The summed E-state index contributed by atoms with van der Waals surface area (Å²) in [4.78, 5) is 4.77. The number of nitrogens with one attached hydrogen (secondary N) is 1. The molecule has 0 aliphatic carbocycles. The van der Waals surface area contributed by atoms with Gasteiger partial charge in [0.1, 0.15) is 11.8 Å². The van der Waals surface area contributed by atoms with Crippen LogP contribution in [-0.4, -0.2) is 64.1 Å². The lowest BCUT2D eigenvalue weighted by Gasteiger charge is -2.23. The van der Waals surface area contributed by atoms with Crippen LogP contribution in [0, 0.1) is 0 Å². The maximum Gasteiger partial charge on any atom is 0.176 e. The Morgan fingerprint density at radius 2 is 2.09 bits per heavy atom. The van der Waals surface area contributed by atoms with Crippen LogP contribution in [0.1, 0.15) is 24.6 Å². The molecule has 0 saturated carbocycles. The molecule has 2 aromatic heterocycles. The van der Waals surface area contributed by atoms with E-state index in [1.54, 1.807) is 6.20 Å². The molecule has 23 heavy (non-hydrogen) atoms. The van der Waals surface area contributed by atoms with Gasteiger partial charge in [0.25, 0.3) is 0 Å². The van der Waals surface area contributed by atoms with Gasteiger partial charge in [-0.2, -0.15) is 10.2 Å². The first-order chi connectivity index (χ1) is 11.4. The molecule has 0 amide bonds. The molecule has 2 fully saturated rings. The van der Waals surface area contributed by atoms with E-state index in [0.29, 0.717) is 32.3 Å². The molecule has 0 aromatic carbocycles. The van der Waals surface area contributed by atoms with Gasteiger partial charge in [-0.1, -0.05) is 0 Å². The highest BCUT2D eigenvalue weighted by Crippen LogP contribution is 2.26. The number of ether oxygens (including phenoxy) is 3.